The van der Waals surface area contributed by atoms with Crippen LogP contribution < -0.4 is 14.8 Å². The molecular formula is C30H31F4NO5. The maximum atomic E-state index is 14.6. The second kappa shape index (κ2) is 13.3. The molecule has 0 fully saturated rings. The van der Waals surface area contributed by atoms with E-state index in [0.717, 1.165) is 17.8 Å². The van der Waals surface area contributed by atoms with Gasteiger partial charge in [-0.25, -0.2) is 4.39 Å². The normalized spacial score (nSPS) is 12.2. The molecule has 40 heavy (non-hydrogen) atoms. The van der Waals surface area contributed by atoms with Crippen molar-refractivity contribution in [2.75, 3.05) is 19.0 Å². The van der Waals surface area contributed by atoms with Gasteiger partial charge in [0, 0.05) is 41.3 Å². The largest absolute Gasteiger partial charge is 0.496 e. The summed E-state index contributed by atoms with van der Waals surface area (Å²) in [6.07, 6.45) is -4.26. The molecule has 0 bridgehead atoms. The Kier molecular flexibility index (Phi) is 10.1. The highest BCUT2D eigenvalue weighted by molar-refractivity contribution is 5.96. The van der Waals surface area contributed by atoms with Crippen LogP contribution in [0.2, 0.25) is 0 Å². The van der Waals surface area contributed by atoms with Gasteiger partial charge in [0.1, 0.15) is 23.9 Å². The molecule has 0 saturated carbocycles. The molecular weight excluding hydrogens is 530 g/mol. The van der Waals surface area contributed by atoms with Gasteiger partial charge >= 0.3 is 12.1 Å². The summed E-state index contributed by atoms with van der Waals surface area (Å²) in [6, 6.07) is 13.8. The van der Waals surface area contributed by atoms with Gasteiger partial charge in [0.2, 0.25) is 0 Å². The summed E-state index contributed by atoms with van der Waals surface area (Å²) < 4.78 is 64.6. The Balaban J connectivity index is 1.67. The van der Waals surface area contributed by atoms with Crippen molar-refractivity contribution in [2.45, 2.75) is 45.3 Å². The van der Waals surface area contributed by atoms with Crippen LogP contribution in [0.4, 0.5) is 23.2 Å². The Morgan fingerprint density at radius 3 is 2.20 bits per heavy atom. The number of hydrogen-bond donors (Lipinski definition) is 2. The van der Waals surface area contributed by atoms with Gasteiger partial charge in [-0.05, 0) is 60.9 Å². The zero-order chi connectivity index (χ0) is 29.4. The first kappa shape index (κ1) is 30.5. The summed E-state index contributed by atoms with van der Waals surface area (Å²) >= 11 is 0. The summed E-state index contributed by atoms with van der Waals surface area (Å²) in [4.78, 5) is 22.9. The Morgan fingerprint density at radius 2 is 1.62 bits per heavy atom. The van der Waals surface area contributed by atoms with E-state index in [1.54, 1.807) is 36.4 Å². The van der Waals surface area contributed by atoms with E-state index in [-0.39, 0.29) is 60.5 Å². The second-order valence-corrected chi connectivity index (χ2v) is 9.61. The third kappa shape index (κ3) is 8.21. The van der Waals surface area contributed by atoms with E-state index in [2.05, 4.69) is 5.32 Å². The molecule has 0 aliphatic rings. The number of nitrogens with one attached hydrogen (secondary N) is 1. The van der Waals surface area contributed by atoms with Crippen LogP contribution in [-0.2, 0) is 11.0 Å². The number of carboxylic acid groups (broad SMARTS) is 1. The quantitative estimate of drug-likeness (QED) is 0.166. The number of hydrogen-bond acceptors (Lipinski definition) is 5. The fourth-order valence-electron chi connectivity index (χ4n) is 3.99. The van der Waals surface area contributed by atoms with Crippen LogP contribution >= 0.6 is 0 Å². The van der Waals surface area contributed by atoms with Crippen LogP contribution in [0.1, 0.15) is 49.0 Å². The van der Waals surface area contributed by atoms with Crippen LogP contribution in [0.25, 0.3) is 11.1 Å². The van der Waals surface area contributed by atoms with Crippen molar-refractivity contribution in [3.8, 4) is 22.6 Å². The monoisotopic (exact) mass is 561 g/mol. The summed E-state index contributed by atoms with van der Waals surface area (Å²) in [5.74, 6) is -1.24. The topological polar surface area (TPSA) is 84.9 Å². The number of ketones is 1. The number of methoxy groups -OCH3 is 1. The molecule has 3 rings (SSSR count). The number of carbonyl (C=O) groups is 2. The van der Waals surface area contributed by atoms with Gasteiger partial charge in [-0.3, -0.25) is 9.59 Å². The standard InChI is InChI=1S/C30H31F4NO5/c1-18(2)26(35-21-10-7-19(8-11-21)27(36)5-4-6-29(37)38)17-40-22-12-14-24(28(16-22)39-3)23-13-9-20(15-25(23)31)30(32,33)34/h7-16,18,26,35H,4-6,17H2,1-3H3,(H,37,38)/t26-/m1/s1. The van der Waals surface area contributed by atoms with Gasteiger partial charge in [0.05, 0.1) is 18.7 Å². The molecule has 3 aromatic rings. The van der Waals surface area contributed by atoms with Crippen molar-refractivity contribution < 1.29 is 41.7 Å². The van der Waals surface area contributed by atoms with Crippen LogP contribution in [0.3, 0.4) is 0 Å². The number of alkyl halides is 3. The summed E-state index contributed by atoms with van der Waals surface area (Å²) in [6.45, 7) is 4.28. The minimum Gasteiger partial charge on any atom is -0.496 e. The minimum absolute atomic E-state index is 0.0260. The van der Waals surface area contributed by atoms with Crippen molar-refractivity contribution in [1.82, 2.24) is 0 Å². The average molecular weight is 562 g/mol. The molecule has 0 aromatic heterocycles. The lowest BCUT2D eigenvalue weighted by atomic mass is 10.0. The number of halogens is 4. The van der Waals surface area contributed by atoms with E-state index in [4.69, 9.17) is 14.6 Å². The number of Topliss-reactive ketones (excluding diaryl/α,β-unsaturated/α-hetero) is 1. The first-order chi connectivity index (χ1) is 18.9. The van der Waals surface area contributed by atoms with E-state index in [9.17, 15) is 27.2 Å². The fraction of sp³-hybridized carbons (Fsp3) is 0.333. The summed E-state index contributed by atoms with van der Waals surface area (Å²) in [5.41, 5.74) is 0.469. The van der Waals surface area contributed by atoms with Crippen molar-refractivity contribution in [1.29, 1.82) is 0 Å². The molecule has 6 nitrogen and oxygen atoms in total. The first-order valence-corrected chi connectivity index (χ1v) is 12.7. The Morgan fingerprint density at radius 1 is 0.950 bits per heavy atom. The fourth-order valence-corrected chi connectivity index (χ4v) is 3.99. The lowest BCUT2D eigenvalue weighted by Crippen LogP contribution is -2.32. The van der Waals surface area contributed by atoms with Gasteiger partial charge in [-0.1, -0.05) is 19.9 Å². The number of carbonyl (C=O) groups excluding carboxylic acids is 1. The van der Waals surface area contributed by atoms with E-state index < -0.39 is 23.5 Å². The van der Waals surface area contributed by atoms with Crippen molar-refractivity contribution in [2.24, 2.45) is 5.92 Å². The Hall–Kier alpha value is -4.08. The molecule has 214 valence electrons. The second-order valence-electron chi connectivity index (χ2n) is 9.61. The first-order valence-electron chi connectivity index (χ1n) is 12.7. The van der Waals surface area contributed by atoms with E-state index in [1.165, 1.54) is 13.2 Å². The zero-order valence-corrected chi connectivity index (χ0v) is 22.3. The van der Waals surface area contributed by atoms with Crippen molar-refractivity contribution >= 4 is 17.4 Å². The highest BCUT2D eigenvalue weighted by Crippen LogP contribution is 2.37. The number of anilines is 1. The molecule has 1 atom stereocenters. The van der Waals surface area contributed by atoms with Gasteiger partial charge in [-0.2, -0.15) is 13.2 Å². The van der Waals surface area contributed by atoms with Crippen LogP contribution in [0, 0.1) is 11.7 Å². The number of benzene rings is 3. The minimum atomic E-state index is -4.65. The predicted molar refractivity (Wildman–Crippen MR) is 143 cm³/mol. The zero-order valence-electron chi connectivity index (χ0n) is 22.3. The third-order valence-electron chi connectivity index (χ3n) is 6.35. The number of aliphatic carboxylic acids is 1. The number of ether oxygens (including phenoxy) is 2. The number of rotatable bonds is 13. The van der Waals surface area contributed by atoms with Crippen LogP contribution in [-0.4, -0.2) is 36.6 Å². The van der Waals surface area contributed by atoms with Crippen molar-refractivity contribution in [3.63, 3.8) is 0 Å². The van der Waals surface area contributed by atoms with Crippen molar-refractivity contribution in [3.05, 3.63) is 77.6 Å². The Labute approximate surface area is 229 Å². The maximum Gasteiger partial charge on any atom is 0.416 e. The summed E-state index contributed by atoms with van der Waals surface area (Å²) in [5, 5.41) is 12.1. The van der Waals surface area contributed by atoms with Crippen LogP contribution in [0.15, 0.2) is 60.7 Å². The molecule has 2 N–H and O–H groups in total. The van der Waals surface area contributed by atoms with Crippen LogP contribution in [0.5, 0.6) is 11.5 Å². The molecule has 0 heterocycles. The highest BCUT2D eigenvalue weighted by atomic mass is 19.4. The number of carboxylic acids is 1. The SMILES string of the molecule is COc1cc(OC[C@@H](Nc2ccc(C(=O)CCCC(=O)O)cc2)C(C)C)ccc1-c1ccc(C(F)(F)F)cc1F. The lowest BCUT2D eigenvalue weighted by molar-refractivity contribution is -0.138. The van der Waals surface area contributed by atoms with Gasteiger partial charge < -0.3 is 19.9 Å². The molecule has 0 radical (unpaired) electrons. The van der Waals surface area contributed by atoms with Gasteiger partial charge in [0.25, 0.3) is 0 Å². The molecule has 3 aromatic carbocycles. The molecule has 0 saturated heterocycles. The summed E-state index contributed by atoms with van der Waals surface area (Å²) in [7, 11) is 1.38. The molecule has 0 amide bonds. The molecule has 0 unspecified atom stereocenters. The maximum absolute atomic E-state index is 14.6. The smallest absolute Gasteiger partial charge is 0.416 e. The Bertz CT molecular complexity index is 1320. The highest BCUT2D eigenvalue weighted by Gasteiger charge is 2.31. The van der Waals surface area contributed by atoms with E-state index >= 15 is 0 Å². The van der Waals surface area contributed by atoms with E-state index in [1.807, 2.05) is 13.8 Å². The molecule has 10 heteroatoms. The average Bonchev–Trinajstić information content (AvgIpc) is 2.90. The molecule has 0 spiro atoms. The molecule has 0 aliphatic heterocycles. The molecule has 0 aliphatic carbocycles. The van der Waals surface area contributed by atoms with Gasteiger partial charge in [-0.15, -0.1) is 0 Å². The van der Waals surface area contributed by atoms with Gasteiger partial charge in [0.15, 0.2) is 5.78 Å². The predicted octanol–water partition coefficient (Wildman–Crippen LogP) is 7.47. The van der Waals surface area contributed by atoms with E-state index in [0.29, 0.717) is 17.4 Å². The lowest BCUT2D eigenvalue weighted by Gasteiger charge is -2.24. The third-order valence-corrected chi connectivity index (χ3v) is 6.35.